The number of hydrogen-bond acceptors (Lipinski definition) is 5. The minimum Gasteiger partial charge on any atom is -0.394 e. The number of aliphatic hydroxyl groups excluding tert-OH is 1. The van der Waals surface area contributed by atoms with E-state index in [1.165, 1.54) is 0 Å². The fourth-order valence-electron chi connectivity index (χ4n) is 5.10. The zero-order valence-electron chi connectivity index (χ0n) is 21.6. The Morgan fingerprint density at radius 1 is 0.842 bits per heavy atom. The van der Waals surface area contributed by atoms with Gasteiger partial charge in [0.15, 0.2) is 11.6 Å². The van der Waals surface area contributed by atoms with Gasteiger partial charge in [-0.3, -0.25) is 9.59 Å². The van der Waals surface area contributed by atoms with Gasteiger partial charge < -0.3 is 19.9 Å². The summed E-state index contributed by atoms with van der Waals surface area (Å²) < 4.78 is 1.84. The lowest BCUT2D eigenvalue weighted by Gasteiger charge is -2.25. The number of nitrogens with zero attached hydrogens (tertiary/aromatic N) is 2. The second-order valence-corrected chi connectivity index (χ2v) is 9.94. The van der Waals surface area contributed by atoms with E-state index in [0.29, 0.717) is 24.1 Å². The highest BCUT2D eigenvalue weighted by Gasteiger charge is 2.24. The van der Waals surface area contributed by atoms with Gasteiger partial charge in [-0.1, -0.05) is 24.3 Å². The molecule has 1 aromatic heterocycles. The third-order valence-corrected chi connectivity index (χ3v) is 7.26. The lowest BCUT2D eigenvalue weighted by molar-refractivity contribution is 0.0980. The summed E-state index contributed by atoms with van der Waals surface area (Å²) in [7, 11) is 1.88. The van der Waals surface area contributed by atoms with E-state index < -0.39 is 0 Å². The minimum absolute atomic E-state index is 0.0814. The number of hydrogen-bond donors (Lipinski definition) is 2. The number of ketones is 2. The number of Topliss-reactive ketones (excluding diaryl/α,β-unsaturated/α-hetero) is 2. The Hall–Kier alpha value is -4.16. The van der Waals surface area contributed by atoms with Crippen LogP contribution in [0.4, 0.5) is 17.1 Å². The van der Waals surface area contributed by atoms with Gasteiger partial charge >= 0.3 is 0 Å². The van der Waals surface area contributed by atoms with E-state index in [-0.39, 0.29) is 24.2 Å². The highest BCUT2D eigenvalue weighted by atomic mass is 16.3. The number of carbonyl (C=O) groups excluding carboxylic acids is 2. The van der Waals surface area contributed by atoms with Crippen LogP contribution in [-0.4, -0.2) is 40.4 Å². The molecule has 0 amide bonds. The van der Waals surface area contributed by atoms with Crippen LogP contribution in [-0.2, 0) is 19.9 Å². The lowest BCUT2D eigenvalue weighted by atomic mass is 10.0. The van der Waals surface area contributed by atoms with E-state index in [2.05, 4.69) is 10.2 Å². The zero-order chi connectivity index (χ0) is 26.5. The molecule has 0 bridgehead atoms. The standard InChI is InChI=1S/C32H33N3O3/c1-34-18-3-5-30(34)32(38)21-24-8-14-27(15-9-24)33-26-12-6-23(7-13-26)20-31(37)25-10-16-28(17-11-25)35-19-2-4-29(35)22-36/h3,5-18,29,33,36H,2,4,19-22H2,1H3/t29-/m0/s1. The molecule has 1 aliphatic rings. The number of carbonyl (C=O) groups is 2. The molecule has 1 aliphatic heterocycles. The topological polar surface area (TPSA) is 74.6 Å². The molecule has 1 saturated heterocycles. The van der Waals surface area contributed by atoms with Gasteiger partial charge in [0.1, 0.15) is 0 Å². The summed E-state index contributed by atoms with van der Waals surface area (Å²) in [6, 6.07) is 27.4. The van der Waals surface area contributed by atoms with Crippen molar-refractivity contribution in [1.82, 2.24) is 4.57 Å². The van der Waals surface area contributed by atoms with Crippen LogP contribution in [0.25, 0.3) is 0 Å². The fraction of sp³-hybridized carbons (Fsp3) is 0.250. The fourth-order valence-corrected chi connectivity index (χ4v) is 5.10. The summed E-state index contributed by atoms with van der Waals surface area (Å²) >= 11 is 0. The predicted octanol–water partition coefficient (Wildman–Crippen LogP) is 5.58. The zero-order valence-corrected chi connectivity index (χ0v) is 21.6. The van der Waals surface area contributed by atoms with Crippen molar-refractivity contribution < 1.29 is 14.7 Å². The van der Waals surface area contributed by atoms with E-state index in [9.17, 15) is 14.7 Å². The molecule has 0 spiro atoms. The predicted molar refractivity (Wildman–Crippen MR) is 152 cm³/mol. The maximum absolute atomic E-state index is 12.9. The number of nitrogens with one attached hydrogen (secondary N) is 1. The van der Waals surface area contributed by atoms with Crippen LogP contribution in [0.2, 0.25) is 0 Å². The van der Waals surface area contributed by atoms with Crippen LogP contribution >= 0.6 is 0 Å². The van der Waals surface area contributed by atoms with Gasteiger partial charge in [0.05, 0.1) is 18.3 Å². The average Bonchev–Trinajstić information content (AvgIpc) is 3.60. The quantitative estimate of drug-likeness (QED) is 0.274. The van der Waals surface area contributed by atoms with Gasteiger partial charge in [-0.05, 0) is 84.6 Å². The van der Waals surface area contributed by atoms with E-state index in [1.807, 2.05) is 103 Å². The number of aliphatic hydroxyl groups is 1. The molecular formula is C32H33N3O3. The maximum atomic E-state index is 12.9. The number of aromatic nitrogens is 1. The number of aryl methyl sites for hydroxylation is 1. The van der Waals surface area contributed by atoms with E-state index in [1.54, 1.807) is 0 Å². The van der Waals surface area contributed by atoms with Crippen molar-refractivity contribution in [1.29, 1.82) is 0 Å². The average molecular weight is 508 g/mol. The summed E-state index contributed by atoms with van der Waals surface area (Å²) in [6.45, 7) is 1.10. The Labute approximate surface area is 223 Å². The number of anilines is 3. The van der Waals surface area contributed by atoms with Gasteiger partial charge in [0.25, 0.3) is 0 Å². The molecule has 5 rings (SSSR count). The van der Waals surface area contributed by atoms with Crippen LogP contribution in [0.15, 0.2) is 91.1 Å². The molecule has 2 heterocycles. The van der Waals surface area contributed by atoms with Crippen LogP contribution in [0.1, 0.15) is 44.8 Å². The third-order valence-electron chi connectivity index (χ3n) is 7.26. The first kappa shape index (κ1) is 25.5. The van der Waals surface area contributed by atoms with Crippen molar-refractivity contribution in [3.63, 3.8) is 0 Å². The van der Waals surface area contributed by atoms with Gasteiger partial charge in [0.2, 0.25) is 0 Å². The van der Waals surface area contributed by atoms with Crippen molar-refractivity contribution in [2.24, 2.45) is 7.05 Å². The van der Waals surface area contributed by atoms with Crippen molar-refractivity contribution in [2.75, 3.05) is 23.4 Å². The van der Waals surface area contributed by atoms with Crippen LogP contribution in [0, 0.1) is 0 Å². The molecule has 6 heteroatoms. The molecule has 38 heavy (non-hydrogen) atoms. The van der Waals surface area contributed by atoms with Crippen molar-refractivity contribution in [3.8, 4) is 0 Å². The Morgan fingerprint density at radius 3 is 2.00 bits per heavy atom. The first-order valence-corrected chi connectivity index (χ1v) is 13.1. The van der Waals surface area contributed by atoms with Gasteiger partial charge in [-0.2, -0.15) is 0 Å². The van der Waals surface area contributed by atoms with E-state index in [4.69, 9.17) is 0 Å². The first-order valence-electron chi connectivity index (χ1n) is 13.1. The number of benzene rings is 3. The molecule has 0 unspecified atom stereocenters. The van der Waals surface area contributed by atoms with E-state index in [0.717, 1.165) is 47.6 Å². The highest BCUT2D eigenvalue weighted by molar-refractivity contribution is 5.98. The summed E-state index contributed by atoms with van der Waals surface area (Å²) in [6.07, 6.45) is 4.67. The summed E-state index contributed by atoms with van der Waals surface area (Å²) in [4.78, 5) is 27.6. The Bertz CT molecular complexity index is 1390. The minimum atomic E-state index is 0.0814. The lowest BCUT2D eigenvalue weighted by Crippen LogP contribution is -2.31. The van der Waals surface area contributed by atoms with Gasteiger partial charge in [-0.15, -0.1) is 0 Å². The summed E-state index contributed by atoms with van der Waals surface area (Å²) in [5.41, 5.74) is 6.26. The maximum Gasteiger partial charge on any atom is 0.183 e. The molecule has 0 radical (unpaired) electrons. The second kappa shape index (κ2) is 11.5. The van der Waals surface area contributed by atoms with Crippen molar-refractivity contribution >= 4 is 28.6 Å². The molecule has 4 aromatic rings. The SMILES string of the molecule is Cn1cccc1C(=O)Cc1ccc(Nc2ccc(CC(=O)c3ccc(N4CCC[C@H]4CO)cc3)cc2)cc1. The molecule has 6 nitrogen and oxygen atoms in total. The molecule has 1 atom stereocenters. The molecule has 194 valence electrons. The van der Waals surface area contributed by atoms with Gasteiger partial charge in [0, 0.05) is 55.3 Å². The largest absolute Gasteiger partial charge is 0.394 e. The summed E-state index contributed by atoms with van der Waals surface area (Å²) in [5, 5.41) is 12.9. The van der Waals surface area contributed by atoms with Crippen LogP contribution in [0.3, 0.4) is 0 Å². The van der Waals surface area contributed by atoms with Crippen LogP contribution < -0.4 is 10.2 Å². The first-order chi connectivity index (χ1) is 18.5. The smallest absolute Gasteiger partial charge is 0.183 e. The summed E-state index contributed by atoms with van der Waals surface area (Å²) in [5.74, 6) is 0.180. The molecule has 1 fully saturated rings. The monoisotopic (exact) mass is 507 g/mol. The Balaban J connectivity index is 1.14. The molecule has 3 aromatic carbocycles. The normalized spacial score (nSPS) is 15.0. The highest BCUT2D eigenvalue weighted by Crippen LogP contribution is 2.26. The Kier molecular flexibility index (Phi) is 7.70. The Morgan fingerprint density at radius 2 is 1.45 bits per heavy atom. The van der Waals surface area contributed by atoms with Gasteiger partial charge in [-0.25, -0.2) is 0 Å². The van der Waals surface area contributed by atoms with E-state index >= 15 is 0 Å². The van der Waals surface area contributed by atoms with Crippen LogP contribution in [0.5, 0.6) is 0 Å². The number of rotatable bonds is 10. The van der Waals surface area contributed by atoms with Crippen molar-refractivity contribution in [2.45, 2.75) is 31.7 Å². The molecule has 0 saturated carbocycles. The third kappa shape index (κ3) is 5.87. The molecular weight excluding hydrogens is 474 g/mol. The molecule has 2 N–H and O–H groups in total. The van der Waals surface area contributed by atoms with Crippen molar-refractivity contribution in [3.05, 3.63) is 114 Å². The second-order valence-electron chi connectivity index (χ2n) is 9.94. The molecule has 0 aliphatic carbocycles.